The fourth-order valence-electron chi connectivity index (χ4n) is 2.27. The number of aldehydes is 1. The Morgan fingerprint density at radius 2 is 2.04 bits per heavy atom. The maximum atomic E-state index is 12.2. The fourth-order valence-corrected chi connectivity index (χ4v) is 2.27. The summed E-state index contributed by atoms with van der Waals surface area (Å²) in [6.07, 6.45) is 3.34. The summed E-state index contributed by atoms with van der Waals surface area (Å²) in [5.74, 6) is 0.218. The number of rotatable bonds is 2. The molecular weight excluding hydrogens is 296 g/mol. The topological polar surface area (TPSA) is 79.0 Å². The Kier molecular flexibility index (Phi) is 3.48. The van der Waals surface area contributed by atoms with Gasteiger partial charge in [0.25, 0.3) is 0 Å². The Balaban J connectivity index is 2.01. The zero-order chi connectivity index (χ0) is 16.6. The molecule has 0 amide bonds. The van der Waals surface area contributed by atoms with Crippen LogP contribution in [0.2, 0.25) is 0 Å². The average Bonchev–Trinajstić information content (AvgIpc) is 3.11. The molecule has 0 bridgehead atoms. The molecule has 7 nitrogen and oxygen atoms in total. The van der Waals surface area contributed by atoms with Crippen LogP contribution in [0.5, 0.6) is 0 Å². The number of carbonyl (C=O) groups is 2. The van der Waals surface area contributed by atoms with Crippen molar-refractivity contribution in [3.8, 4) is 5.69 Å². The predicted molar refractivity (Wildman–Crippen MR) is 83.9 cm³/mol. The minimum Gasteiger partial charge on any atom is -0.443 e. The van der Waals surface area contributed by atoms with Crippen molar-refractivity contribution < 1.29 is 14.3 Å². The summed E-state index contributed by atoms with van der Waals surface area (Å²) in [6, 6.07) is 7.25. The number of hydrogen-bond donors (Lipinski definition) is 0. The smallest absolute Gasteiger partial charge is 0.418 e. The molecule has 0 N–H and O–H groups in total. The molecular formula is C16H16N4O3. The summed E-state index contributed by atoms with van der Waals surface area (Å²) in [7, 11) is 0. The molecule has 1 aromatic carbocycles. The molecule has 7 heteroatoms. The third kappa shape index (κ3) is 2.85. The molecule has 0 unspecified atom stereocenters. The Bertz CT molecular complexity index is 886. The molecule has 2 heterocycles. The van der Waals surface area contributed by atoms with Gasteiger partial charge in [-0.25, -0.2) is 4.79 Å². The van der Waals surface area contributed by atoms with Crippen LogP contribution in [0, 0.1) is 0 Å². The molecule has 118 valence electrons. The normalized spacial score (nSPS) is 11.6. The van der Waals surface area contributed by atoms with Gasteiger partial charge >= 0.3 is 6.09 Å². The molecule has 0 aliphatic heterocycles. The van der Waals surface area contributed by atoms with Crippen LogP contribution in [0.3, 0.4) is 0 Å². The molecule has 0 radical (unpaired) electrons. The fraction of sp³-hybridized carbons (Fsp3) is 0.250. The zero-order valence-electron chi connectivity index (χ0n) is 13.1. The summed E-state index contributed by atoms with van der Waals surface area (Å²) < 4.78 is 8.42. The number of ether oxygens (including phenoxy) is 1. The molecule has 2 aromatic heterocycles. The highest BCUT2D eigenvalue weighted by Crippen LogP contribution is 2.21. The number of fused-ring (bicyclic) bond motifs is 1. The Morgan fingerprint density at radius 3 is 2.74 bits per heavy atom. The van der Waals surface area contributed by atoms with E-state index in [1.54, 1.807) is 22.9 Å². The monoisotopic (exact) mass is 312 g/mol. The molecule has 0 spiro atoms. The number of hydrogen-bond acceptors (Lipinski definition) is 5. The maximum absolute atomic E-state index is 12.2. The van der Waals surface area contributed by atoms with Gasteiger partial charge in [0.1, 0.15) is 11.9 Å². The second-order valence-electron chi connectivity index (χ2n) is 6.09. The highest BCUT2D eigenvalue weighted by molar-refractivity contribution is 5.90. The Hall–Kier alpha value is -2.96. The second-order valence-corrected chi connectivity index (χ2v) is 6.09. The summed E-state index contributed by atoms with van der Waals surface area (Å²) >= 11 is 0. The quantitative estimate of drug-likeness (QED) is 0.680. The van der Waals surface area contributed by atoms with Crippen molar-refractivity contribution in [2.75, 3.05) is 0 Å². The van der Waals surface area contributed by atoms with E-state index in [0.29, 0.717) is 6.29 Å². The van der Waals surface area contributed by atoms with Crippen molar-refractivity contribution >= 4 is 23.3 Å². The zero-order valence-corrected chi connectivity index (χ0v) is 13.1. The van der Waals surface area contributed by atoms with E-state index in [9.17, 15) is 9.59 Å². The van der Waals surface area contributed by atoms with Crippen molar-refractivity contribution in [2.45, 2.75) is 26.4 Å². The standard InChI is InChI=1S/C16H16N4O3/c1-16(2,3)23-15(22)19-7-6-11-8-12(4-5-13(11)19)20-10-17-18-14(20)9-21/h4-10H,1-3H3. The van der Waals surface area contributed by atoms with E-state index in [1.165, 1.54) is 10.9 Å². The average molecular weight is 312 g/mol. The van der Waals surface area contributed by atoms with Crippen molar-refractivity contribution in [1.29, 1.82) is 0 Å². The van der Waals surface area contributed by atoms with Gasteiger partial charge in [0.2, 0.25) is 5.82 Å². The molecule has 0 saturated heterocycles. The summed E-state index contributed by atoms with van der Waals surface area (Å²) in [5, 5.41) is 8.30. The summed E-state index contributed by atoms with van der Waals surface area (Å²) in [4.78, 5) is 23.2. The lowest BCUT2D eigenvalue weighted by atomic mass is 10.2. The molecule has 3 aromatic rings. The van der Waals surface area contributed by atoms with Gasteiger partial charge in [-0.2, -0.15) is 0 Å². The van der Waals surface area contributed by atoms with Gasteiger partial charge in [0.05, 0.1) is 5.52 Å². The van der Waals surface area contributed by atoms with Crippen molar-refractivity contribution in [3.63, 3.8) is 0 Å². The van der Waals surface area contributed by atoms with Crippen LogP contribution in [0.15, 0.2) is 36.8 Å². The first-order valence-electron chi connectivity index (χ1n) is 7.09. The lowest BCUT2D eigenvalue weighted by Gasteiger charge is -2.19. The summed E-state index contributed by atoms with van der Waals surface area (Å²) in [5.41, 5.74) is 0.907. The van der Waals surface area contributed by atoms with Gasteiger partial charge in [-0.3, -0.25) is 13.9 Å². The molecule has 0 atom stereocenters. The minimum atomic E-state index is -0.561. The van der Waals surface area contributed by atoms with E-state index in [4.69, 9.17) is 4.74 Å². The maximum Gasteiger partial charge on any atom is 0.418 e. The van der Waals surface area contributed by atoms with Gasteiger partial charge in [-0.15, -0.1) is 10.2 Å². The van der Waals surface area contributed by atoms with Gasteiger partial charge in [-0.1, -0.05) is 0 Å². The molecule has 0 saturated carbocycles. The van der Waals surface area contributed by atoms with E-state index in [-0.39, 0.29) is 5.82 Å². The van der Waals surface area contributed by atoms with Crippen LogP contribution in [0.4, 0.5) is 4.79 Å². The molecule has 0 fully saturated rings. The van der Waals surface area contributed by atoms with Crippen molar-refractivity contribution in [3.05, 3.63) is 42.6 Å². The van der Waals surface area contributed by atoms with Gasteiger partial charge < -0.3 is 4.74 Å². The summed E-state index contributed by atoms with van der Waals surface area (Å²) in [6.45, 7) is 5.46. The first kappa shape index (κ1) is 15.0. The molecule has 3 rings (SSSR count). The number of aromatic nitrogens is 4. The van der Waals surface area contributed by atoms with Crippen LogP contribution in [-0.2, 0) is 4.74 Å². The molecule has 0 aliphatic rings. The van der Waals surface area contributed by atoms with E-state index >= 15 is 0 Å². The van der Waals surface area contributed by atoms with Crippen LogP contribution in [0.25, 0.3) is 16.6 Å². The van der Waals surface area contributed by atoms with Crippen LogP contribution in [-0.4, -0.2) is 37.3 Å². The van der Waals surface area contributed by atoms with E-state index in [0.717, 1.165) is 16.6 Å². The van der Waals surface area contributed by atoms with Crippen molar-refractivity contribution in [2.24, 2.45) is 0 Å². The van der Waals surface area contributed by atoms with Gasteiger partial charge in [-0.05, 0) is 45.0 Å². The van der Waals surface area contributed by atoms with E-state index in [1.807, 2.05) is 32.9 Å². The van der Waals surface area contributed by atoms with E-state index in [2.05, 4.69) is 10.2 Å². The number of nitrogens with zero attached hydrogens (tertiary/aromatic N) is 4. The molecule has 23 heavy (non-hydrogen) atoms. The van der Waals surface area contributed by atoms with Gasteiger partial charge in [0, 0.05) is 17.3 Å². The minimum absolute atomic E-state index is 0.218. The van der Waals surface area contributed by atoms with Crippen LogP contribution < -0.4 is 0 Å². The van der Waals surface area contributed by atoms with Crippen LogP contribution >= 0.6 is 0 Å². The lowest BCUT2D eigenvalue weighted by molar-refractivity contribution is 0.0544. The van der Waals surface area contributed by atoms with Crippen molar-refractivity contribution in [1.82, 2.24) is 19.3 Å². The third-order valence-electron chi connectivity index (χ3n) is 3.22. The first-order valence-corrected chi connectivity index (χ1v) is 7.09. The second kappa shape index (κ2) is 5.35. The first-order chi connectivity index (χ1) is 10.9. The van der Waals surface area contributed by atoms with E-state index < -0.39 is 11.7 Å². The highest BCUT2D eigenvalue weighted by atomic mass is 16.6. The SMILES string of the molecule is CC(C)(C)OC(=O)n1ccc2cc(-n3cnnc3C=O)ccc21. The lowest BCUT2D eigenvalue weighted by Crippen LogP contribution is -2.26. The number of benzene rings is 1. The Labute approximate surface area is 132 Å². The number of carbonyl (C=O) groups excluding carboxylic acids is 2. The Morgan fingerprint density at radius 1 is 1.26 bits per heavy atom. The molecule has 0 aliphatic carbocycles. The highest BCUT2D eigenvalue weighted by Gasteiger charge is 2.19. The predicted octanol–water partition coefficient (Wildman–Crippen LogP) is 2.82. The third-order valence-corrected chi connectivity index (χ3v) is 3.22. The largest absolute Gasteiger partial charge is 0.443 e. The van der Waals surface area contributed by atoms with Crippen LogP contribution in [0.1, 0.15) is 31.4 Å². The van der Waals surface area contributed by atoms with Gasteiger partial charge in [0.15, 0.2) is 6.29 Å².